The standard InChI is InChI=1S/C23H30N2O5S/c1-5-31(27,28)25-16-21(30-20-13-9-7-11-18(20)25)22(26)24-14-15-29-19-12-8-6-10-17(19)23(2,3)4/h6-13,21H,5,14-16H2,1-4H3,(H,24,26)/t21-/m0/s1. The zero-order valence-electron chi connectivity index (χ0n) is 18.4. The van der Waals surface area contributed by atoms with Crippen molar-refractivity contribution < 1.29 is 22.7 Å². The molecule has 0 unspecified atom stereocenters. The molecular weight excluding hydrogens is 416 g/mol. The minimum absolute atomic E-state index is 0.0581. The Labute approximate surface area is 184 Å². The number of benzene rings is 2. The number of anilines is 1. The second kappa shape index (κ2) is 9.18. The first-order chi connectivity index (χ1) is 14.6. The van der Waals surface area contributed by atoms with E-state index in [1.807, 2.05) is 24.3 Å². The molecule has 1 aliphatic rings. The van der Waals surface area contributed by atoms with Crippen LogP contribution in [0.3, 0.4) is 0 Å². The fraction of sp³-hybridized carbons (Fsp3) is 0.435. The van der Waals surface area contributed by atoms with Crippen molar-refractivity contribution in [2.45, 2.75) is 39.2 Å². The third-order valence-electron chi connectivity index (χ3n) is 5.08. The van der Waals surface area contributed by atoms with Crippen molar-refractivity contribution in [2.75, 3.05) is 29.8 Å². The first-order valence-electron chi connectivity index (χ1n) is 10.4. The highest BCUT2D eigenvalue weighted by molar-refractivity contribution is 7.92. The molecule has 1 atom stereocenters. The van der Waals surface area contributed by atoms with Crippen LogP contribution in [-0.4, -0.2) is 45.9 Å². The summed E-state index contributed by atoms with van der Waals surface area (Å²) in [4.78, 5) is 12.7. The topological polar surface area (TPSA) is 84.9 Å². The van der Waals surface area contributed by atoms with E-state index >= 15 is 0 Å². The van der Waals surface area contributed by atoms with E-state index in [4.69, 9.17) is 9.47 Å². The first-order valence-corrected chi connectivity index (χ1v) is 12.0. The number of nitrogens with one attached hydrogen (secondary N) is 1. The van der Waals surface area contributed by atoms with Crippen LogP contribution in [0.4, 0.5) is 5.69 Å². The van der Waals surface area contributed by atoms with E-state index < -0.39 is 16.1 Å². The van der Waals surface area contributed by atoms with E-state index in [-0.39, 0.29) is 30.2 Å². The molecule has 0 radical (unpaired) electrons. The zero-order valence-corrected chi connectivity index (χ0v) is 19.2. The number of hydrogen-bond donors (Lipinski definition) is 1. The Morgan fingerprint density at radius 3 is 2.55 bits per heavy atom. The summed E-state index contributed by atoms with van der Waals surface area (Å²) in [5, 5.41) is 2.79. The monoisotopic (exact) mass is 446 g/mol. The minimum atomic E-state index is -3.53. The number of carbonyl (C=O) groups is 1. The number of rotatable bonds is 7. The van der Waals surface area contributed by atoms with Gasteiger partial charge in [0.05, 0.1) is 24.5 Å². The van der Waals surface area contributed by atoms with Crippen LogP contribution >= 0.6 is 0 Å². The third kappa shape index (κ3) is 5.31. The highest BCUT2D eigenvalue weighted by Crippen LogP contribution is 2.35. The van der Waals surface area contributed by atoms with E-state index in [9.17, 15) is 13.2 Å². The van der Waals surface area contributed by atoms with Gasteiger partial charge in [-0.05, 0) is 36.1 Å². The lowest BCUT2D eigenvalue weighted by molar-refractivity contribution is -0.127. The summed E-state index contributed by atoms with van der Waals surface area (Å²) in [5.74, 6) is 0.726. The van der Waals surface area contributed by atoms with Crippen LogP contribution in [0.2, 0.25) is 0 Å². The summed E-state index contributed by atoms with van der Waals surface area (Å²) in [6.45, 7) is 8.43. The first kappa shape index (κ1) is 22.9. The molecule has 0 saturated heterocycles. The Morgan fingerprint density at radius 2 is 1.84 bits per heavy atom. The Balaban J connectivity index is 1.62. The second-order valence-corrected chi connectivity index (χ2v) is 10.6. The van der Waals surface area contributed by atoms with E-state index in [0.29, 0.717) is 18.0 Å². The molecule has 168 valence electrons. The molecule has 0 bridgehead atoms. The molecule has 1 heterocycles. The van der Waals surface area contributed by atoms with E-state index in [2.05, 4.69) is 26.1 Å². The lowest BCUT2D eigenvalue weighted by atomic mass is 9.86. The Kier molecular flexibility index (Phi) is 6.79. The Hall–Kier alpha value is -2.74. The smallest absolute Gasteiger partial charge is 0.263 e. The van der Waals surface area contributed by atoms with Gasteiger partial charge in [-0.1, -0.05) is 51.1 Å². The summed E-state index contributed by atoms with van der Waals surface area (Å²) in [5.41, 5.74) is 1.49. The average Bonchev–Trinajstić information content (AvgIpc) is 2.75. The van der Waals surface area contributed by atoms with Crippen molar-refractivity contribution in [1.29, 1.82) is 0 Å². The van der Waals surface area contributed by atoms with Gasteiger partial charge in [0.15, 0.2) is 6.10 Å². The number of sulfonamides is 1. The number of nitrogens with zero attached hydrogens (tertiary/aromatic N) is 1. The maximum absolute atomic E-state index is 12.7. The van der Waals surface area contributed by atoms with Crippen molar-refractivity contribution in [2.24, 2.45) is 0 Å². The van der Waals surface area contributed by atoms with Crippen molar-refractivity contribution >= 4 is 21.6 Å². The molecule has 0 fully saturated rings. The van der Waals surface area contributed by atoms with Gasteiger partial charge in [0.2, 0.25) is 10.0 Å². The molecule has 1 N–H and O–H groups in total. The van der Waals surface area contributed by atoms with Gasteiger partial charge >= 0.3 is 0 Å². The van der Waals surface area contributed by atoms with Gasteiger partial charge in [0.1, 0.15) is 18.1 Å². The molecule has 0 aliphatic carbocycles. The fourth-order valence-corrected chi connectivity index (χ4v) is 4.54. The molecule has 2 aromatic rings. The lowest BCUT2D eigenvalue weighted by Gasteiger charge is -2.34. The number of amides is 1. The van der Waals surface area contributed by atoms with Crippen molar-refractivity contribution in [3.63, 3.8) is 0 Å². The van der Waals surface area contributed by atoms with Crippen molar-refractivity contribution in [3.8, 4) is 11.5 Å². The highest BCUT2D eigenvalue weighted by atomic mass is 32.2. The number of ether oxygens (including phenoxy) is 2. The fourth-order valence-electron chi connectivity index (χ4n) is 3.42. The van der Waals surface area contributed by atoms with E-state index in [0.717, 1.165) is 11.3 Å². The predicted octanol–water partition coefficient (Wildman–Crippen LogP) is 3.10. The molecule has 8 heteroatoms. The molecule has 1 amide bonds. The molecule has 0 spiro atoms. The van der Waals surface area contributed by atoms with Gasteiger partial charge in [-0.25, -0.2) is 8.42 Å². The van der Waals surface area contributed by atoms with Gasteiger partial charge < -0.3 is 14.8 Å². The molecule has 1 aliphatic heterocycles. The number of hydrogen-bond acceptors (Lipinski definition) is 5. The third-order valence-corrected chi connectivity index (χ3v) is 6.83. The summed E-state index contributed by atoms with van der Waals surface area (Å²) < 4.78 is 38.0. The van der Waals surface area contributed by atoms with Gasteiger partial charge in [0, 0.05) is 0 Å². The number of para-hydroxylation sites is 3. The maximum Gasteiger partial charge on any atom is 0.263 e. The van der Waals surface area contributed by atoms with E-state index in [1.165, 1.54) is 4.31 Å². The Bertz CT molecular complexity index is 1030. The summed E-state index contributed by atoms with van der Waals surface area (Å²) >= 11 is 0. The van der Waals surface area contributed by atoms with Crippen molar-refractivity contribution in [1.82, 2.24) is 5.32 Å². The quantitative estimate of drug-likeness (QED) is 0.661. The van der Waals surface area contributed by atoms with Crippen LogP contribution in [0, 0.1) is 0 Å². The van der Waals surface area contributed by atoms with Crippen LogP contribution < -0.4 is 19.1 Å². The largest absolute Gasteiger partial charge is 0.491 e. The summed E-state index contributed by atoms with van der Waals surface area (Å²) in [7, 11) is -3.53. The minimum Gasteiger partial charge on any atom is -0.491 e. The molecule has 3 rings (SSSR count). The molecule has 2 aromatic carbocycles. The molecule has 0 saturated carbocycles. The second-order valence-electron chi connectivity index (χ2n) is 8.39. The van der Waals surface area contributed by atoms with Crippen LogP contribution in [0.1, 0.15) is 33.3 Å². The SMILES string of the molecule is CCS(=O)(=O)N1C[C@@H](C(=O)NCCOc2ccccc2C(C)(C)C)Oc2ccccc21. The predicted molar refractivity (Wildman–Crippen MR) is 121 cm³/mol. The molecule has 7 nitrogen and oxygen atoms in total. The van der Waals surface area contributed by atoms with Crippen molar-refractivity contribution in [3.05, 3.63) is 54.1 Å². The normalized spacial score (nSPS) is 16.3. The Morgan fingerprint density at radius 1 is 1.16 bits per heavy atom. The molecular formula is C23H30N2O5S. The van der Waals surface area contributed by atoms with Gasteiger partial charge in [-0.3, -0.25) is 9.10 Å². The zero-order chi connectivity index (χ0) is 22.6. The number of fused-ring (bicyclic) bond motifs is 1. The lowest BCUT2D eigenvalue weighted by Crippen LogP contribution is -2.51. The van der Waals surface area contributed by atoms with Crippen LogP contribution in [0.15, 0.2) is 48.5 Å². The van der Waals surface area contributed by atoms with E-state index in [1.54, 1.807) is 31.2 Å². The van der Waals surface area contributed by atoms with Gasteiger partial charge in [0.25, 0.3) is 5.91 Å². The number of carbonyl (C=O) groups excluding carboxylic acids is 1. The van der Waals surface area contributed by atoms with Crippen LogP contribution in [0.5, 0.6) is 11.5 Å². The van der Waals surface area contributed by atoms with Gasteiger partial charge in [-0.15, -0.1) is 0 Å². The summed E-state index contributed by atoms with van der Waals surface area (Å²) in [6.07, 6.45) is -0.932. The van der Waals surface area contributed by atoms with Gasteiger partial charge in [-0.2, -0.15) is 0 Å². The molecule has 31 heavy (non-hydrogen) atoms. The highest BCUT2D eigenvalue weighted by Gasteiger charge is 2.35. The van der Waals surface area contributed by atoms with Crippen LogP contribution in [-0.2, 0) is 20.2 Å². The van der Waals surface area contributed by atoms with Crippen LogP contribution in [0.25, 0.3) is 0 Å². The maximum atomic E-state index is 12.7. The molecule has 0 aromatic heterocycles. The average molecular weight is 447 g/mol. The summed E-state index contributed by atoms with van der Waals surface area (Å²) in [6, 6.07) is 14.7.